The first kappa shape index (κ1) is 24.2. The van der Waals surface area contributed by atoms with E-state index in [0.29, 0.717) is 9.84 Å². The number of aromatic nitrogens is 2. The van der Waals surface area contributed by atoms with E-state index < -0.39 is 23.4 Å². The van der Waals surface area contributed by atoms with Crippen LogP contribution in [-0.2, 0) is 17.6 Å². The van der Waals surface area contributed by atoms with E-state index in [-0.39, 0.29) is 29.8 Å². The summed E-state index contributed by atoms with van der Waals surface area (Å²) in [5.41, 5.74) is 3.19. The minimum atomic E-state index is -4.50. The maximum atomic E-state index is 13.8. The van der Waals surface area contributed by atoms with Gasteiger partial charge in [0, 0.05) is 11.8 Å². The van der Waals surface area contributed by atoms with E-state index in [9.17, 15) is 22.0 Å². The number of rotatable bonds is 3. The summed E-state index contributed by atoms with van der Waals surface area (Å²) < 4.78 is 70.2. The molecule has 0 radical (unpaired) electrons. The van der Waals surface area contributed by atoms with Crippen LogP contribution in [0.2, 0.25) is 0 Å². The molecule has 0 spiro atoms. The molecule has 2 heterocycles. The van der Waals surface area contributed by atoms with Crippen LogP contribution in [0.5, 0.6) is 5.75 Å². The maximum Gasteiger partial charge on any atom is 0.417 e. The number of pyridine rings is 1. The largest absolute Gasteiger partial charge is 0.483 e. The van der Waals surface area contributed by atoms with Crippen molar-refractivity contribution in [1.29, 1.82) is 0 Å². The number of nitrogens with two attached hydrogens (primary N) is 1. The number of primary amides is 1. The van der Waals surface area contributed by atoms with Gasteiger partial charge in [-0.15, -0.1) is 0 Å². The summed E-state index contributed by atoms with van der Waals surface area (Å²) in [5, 5.41) is 0.332. The molecule has 0 aliphatic carbocycles. The fraction of sp³-hybridized carbons (Fsp3) is 0.278. The summed E-state index contributed by atoms with van der Waals surface area (Å²) in [6.07, 6.45) is -3.52. The zero-order valence-corrected chi connectivity index (χ0v) is 16.5. The number of carbonyl (C=O) groups is 1. The lowest BCUT2D eigenvalue weighted by Gasteiger charge is -2.07. The molecule has 0 saturated carbocycles. The highest BCUT2D eigenvalue weighted by Gasteiger charge is 2.31. The number of hydrogen-bond acceptors (Lipinski definition) is 5. The first-order valence-electron chi connectivity index (χ1n) is 8.22. The molecule has 3 rings (SSSR count). The van der Waals surface area contributed by atoms with Gasteiger partial charge in [-0.2, -0.15) is 13.2 Å². The minimum Gasteiger partial charge on any atom is -0.483 e. The molecule has 3 aromatic rings. The average molecular weight is 435 g/mol. The number of benzene rings is 1. The fourth-order valence-corrected chi connectivity index (χ4v) is 2.77. The molecule has 1 amide bonds. The van der Waals surface area contributed by atoms with Crippen LogP contribution >= 0.6 is 11.3 Å². The Balaban J connectivity index is 0.000000771. The zero-order valence-electron chi connectivity index (χ0n) is 15.7. The third-order valence-corrected chi connectivity index (χ3v) is 4.21. The van der Waals surface area contributed by atoms with Gasteiger partial charge < -0.3 is 10.5 Å². The van der Waals surface area contributed by atoms with Crippen molar-refractivity contribution in [2.75, 3.05) is 0 Å². The van der Waals surface area contributed by atoms with Crippen molar-refractivity contribution in [1.82, 2.24) is 9.97 Å². The van der Waals surface area contributed by atoms with Crippen molar-refractivity contribution in [3.63, 3.8) is 0 Å². The Morgan fingerprint density at radius 1 is 1.24 bits per heavy atom. The Morgan fingerprint density at radius 2 is 1.86 bits per heavy atom. The van der Waals surface area contributed by atoms with Crippen LogP contribution in [0.25, 0.3) is 10.3 Å². The van der Waals surface area contributed by atoms with Crippen molar-refractivity contribution >= 4 is 28.1 Å². The van der Waals surface area contributed by atoms with Crippen molar-refractivity contribution in [2.45, 2.75) is 33.6 Å². The highest BCUT2D eigenvalue weighted by molar-refractivity contribution is 7.18. The van der Waals surface area contributed by atoms with Crippen LogP contribution in [0.15, 0.2) is 24.4 Å². The van der Waals surface area contributed by atoms with Gasteiger partial charge >= 0.3 is 6.18 Å². The topological polar surface area (TPSA) is 78.1 Å². The third kappa shape index (κ3) is 6.34. The van der Waals surface area contributed by atoms with Crippen LogP contribution in [-0.4, -0.2) is 16.4 Å². The second-order valence-corrected chi connectivity index (χ2v) is 6.12. The molecule has 0 atom stereocenters. The molecule has 11 heteroatoms. The van der Waals surface area contributed by atoms with Gasteiger partial charge in [-0.1, -0.05) is 25.2 Å². The number of amides is 1. The summed E-state index contributed by atoms with van der Waals surface area (Å²) in [6, 6.07) is 3.11. The van der Waals surface area contributed by atoms with Crippen molar-refractivity contribution < 1.29 is 31.5 Å². The molecule has 0 aliphatic heterocycles. The molecule has 0 fully saturated rings. The van der Waals surface area contributed by atoms with Gasteiger partial charge in [0.2, 0.25) is 6.41 Å². The Morgan fingerprint density at radius 3 is 2.45 bits per heavy atom. The summed E-state index contributed by atoms with van der Waals surface area (Å²) in [6.45, 7) is 5.11. The van der Waals surface area contributed by atoms with E-state index in [0.717, 1.165) is 35.7 Å². The number of ether oxygens (including phenoxy) is 1. The molecule has 0 saturated heterocycles. The van der Waals surface area contributed by atoms with Crippen molar-refractivity contribution in [3.8, 4) is 5.75 Å². The molecule has 158 valence electrons. The highest BCUT2D eigenvalue weighted by Crippen LogP contribution is 2.32. The number of alkyl halides is 3. The maximum absolute atomic E-state index is 13.8. The number of carbonyl (C=O) groups excluding carboxylic acids is 1. The van der Waals surface area contributed by atoms with Gasteiger partial charge in [0.15, 0.2) is 11.6 Å². The van der Waals surface area contributed by atoms with E-state index in [1.807, 2.05) is 13.8 Å². The Bertz CT molecular complexity index is 961. The first-order valence-corrected chi connectivity index (χ1v) is 9.04. The number of thiazole rings is 1. The van der Waals surface area contributed by atoms with Gasteiger partial charge in [-0.05, 0) is 25.1 Å². The normalized spacial score (nSPS) is 10.5. The quantitative estimate of drug-likeness (QED) is 0.464. The zero-order chi connectivity index (χ0) is 22.2. The van der Waals surface area contributed by atoms with E-state index >= 15 is 0 Å². The SMILES string of the molecule is CC.Cc1c(F)ccc(OCc2nc3cc(C(F)(F)F)cnc3s2)c1F.NC=O. The van der Waals surface area contributed by atoms with Crippen molar-refractivity contribution in [3.05, 3.63) is 52.2 Å². The summed E-state index contributed by atoms with van der Waals surface area (Å²) >= 11 is 1.04. The lowest BCUT2D eigenvalue weighted by Crippen LogP contribution is -2.04. The molecule has 1 aromatic carbocycles. The van der Waals surface area contributed by atoms with Gasteiger partial charge in [-0.3, -0.25) is 4.79 Å². The summed E-state index contributed by atoms with van der Waals surface area (Å²) in [5.74, 6) is -1.67. The number of fused-ring (bicyclic) bond motifs is 1. The summed E-state index contributed by atoms with van der Waals surface area (Å²) in [7, 11) is 0. The number of nitrogens with zero attached hydrogens (tertiary/aromatic N) is 2. The Hall–Kier alpha value is -2.82. The molecule has 5 nitrogen and oxygen atoms in total. The molecule has 0 unspecified atom stereocenters. The van der Waals surface area contributed by atoms with E-state index in [2.05, 4.69) is 15.7 Å². The minimum absolute atomic E-state index is 0.0872. The molecular formula is C18H18F5N3O2S. The van der Waals surface area contributed by atoms with Gasteiger partial charge in [0.05, 0.1) is 5.56 Å². The predicted octanol–water partition coefficient (Wildman–Crippen LogP) is 5.00. The molecule has 0 bridgehead atoms. The van der Waals surface area contributed by atoms with Crippen LogP contribution < -0.4 is 10.5 Å². The average Bonchev–Trinajstić information content (AvgIpc) is 3.09. The van der Waals surface area contributed by atoms with Crippen LogP contribution in [0.1, 0.15) is 30.0 Å². The first-order chi connectivity index (χ1) is 13.7. The second-order valence-electron chi connectivity index (χ2n) is 5.06. The van der Waals surface area contributed by atoms with Gasteiger partial charge in [0.1, 0.15) is 27.8 Å². The van der Waals surface area contributed by atoms with Crippen LogP contribution in [0.3, 0.4) is 0 Å². The molecule has 29 heavy (non-hydrogen) atoms. The molecular weight excluding hydrogens is 417 g/mol. The lowest BCUT2D eigenvalue weighted by molar-refractivity contribution is -0.137. The summed E-state index contributed by atoms with van der Waals surface area (Å²) in [4.78, 5) is 16.6. The molecule has 0 aliphatic rings. The smallest absolute Gasteiger partial charge is 0.417 e. The number of halogens is 5. The predicted molar refractivity (Wildman–Crippen MR) is 99.4 cm³/mol. The molecule has 2 aromatic heterocycles. The Labute approximate surface area is 167 Å². The number of hydrogen-bond donors (Lipinski definition) is 1. The van der Waals surface area contributed by atoms with E-state index in [1.54, 1.807) is 0 Å². The van der Waals surface area contributed by atoms with E-state index in [1.165, 1.54) is 6.92 Å². The Kier molecular flexibility index (Phi) is 8.89. The standard InChI is InChI=1S/C15H9F5N2OS.C2H6.CH3NO/c1-7-9(16)2-3-11(13(7)17)23-6-12-22-10-4-8(15(18,19)20)5-21-14(10)24-12;1-2;2-1-3/h2-5H,6H2,1H3;1-2H3;1H,(H2,2,3). The van der Waals surface area contributed by atoms with Crippen molar-refractivity contribution in [2.24, 2.45) is 5.73 Å². The van der Waals surface area contributed by atoms with Crippen LogP contribution in [0.4, 0.5) is 22.0 Å². The van der Waals surface area contributed by atoms with Gasteiger partial charge in [-0.25, -0.2) is 18.7 Å². The van der Waals surface area contributed by atoms with E-state index in [4.69, 9.17) is 9.53 Å². The monoisotopic (exact) mass is 435 g/mol. The van der Waals surface area contributed by atoms with Crippen LogP contribution in [0, 0.1) is 18.6 Å². The van der Waals surface area contributed by atoms with Gasteiger partial charge in [0.25, 0.3) is 0 Å². The highest BCUT2D eigenvalue weighted by atomic mass is 32.1. The molecule has 2 N–H and O–H groups in total. The fourth-order valence-electron chi connectivity index (χ4n) is 1.97. The second kappa shape index (κ2) is 10.6. The lowest BCUT2D eigenvalue weighted by atomic mass is 10.2. The third-order valence-electron chi connectivity index (χ3n) is 3.26.